The summed E-state index contributed by atoms with van der Waals surface area (Å²) in [6, 6.07) is 3.55. The summed E-state index contributed by atoms with van der Waals surface area (Å²) in [5.41, 5.74) is 0.502. The van der Waals surface area contributed by atoms with Crippen molar-refractivity contribution in [3.05, 3.63) is 35.8 Å². The van der Waals surface area contributed by atoms with Gasteiger partial charge in [-0.2, -0.15) is 8.78 Å². The number of fused-ring (bicyclic) bond motifs is 1. The van der Waals surface area contributed by atoms with E-state index in [2.05, 4.69) is 15.0 Å². The number of hydrogen-bond acceptors (Lipinski definition) is 5. The van der Waals surface area contributed by atoms with E-state index in [-0.39, 0.29) is 35.1 Å². The van der Waals surface area contributed by atoms with Crippen LogP contribution in [-0.2, 0) is 4.74 Å². The Hall–Kier alpha value is -2.39. The third kappa shape index (κ3) is 6.30. The molecule has 1 aromatic carbocycles. The Balaban J connectivity index is 1.56. The molecule has 2 aromatic rings. The van der Waals surface area contributed by atoms with Gasteiger partial charge in [-0.3, -0.25) is 9.78 Å². The summed E-state index contributed by atoms with van der Waals surface area (Å²) in [6.45, 7) is 1.04. The van der Waals surface area contributed by atoms with Crippen molar-refractivity contribution < 1.29 is 32.5 Å². The molecule has 3 rings (SSSR count). The molecule has 0 saturated heterocycles. The van der Waals surface area contributed by atoms with Gasteiger partial charge in [0.05, 0.1) is 29.9 Å². The summed E-state index contributed by atoms with van der Waals surface area (Å²) in [6.07, 6.45) is 3.96. The second kappa shape index (κ2) is 10.3. The number of halogens is 3. The Bertz CT molecular complexity index is 902. The van der Waals surface area contributed by atoms with Gasteiger partial charge in [-0.1, -0.05) is 13.8 Å². The molecule has 1 unspecified atom stereocenters. The molecule has 1 atom stereocenters. The lowest BCUT2D eigenvalue weighted by atomic mass is 9.92. The highest BCUT2D eigenvalue weighted by atomic mass is 19.3. The first-order valence-corrected chi connectivity index (χ1v) is 10.4. The minimum Gasteiger partial charge on any atom is -0.432 e. The number of alkyl halides is 2. The van der Waals surface area contributed by atoms with Crippen LogP contribution in [0.25, 0.3) is 10.9 Å². The highest BCUT2D eigenvalue weighted by molar-refractivity contribution is 5.97. The minimum absolute atomic E-state index is 0.0170. The van der Waals surface area contributed by atoms with Gasteiger partial charge in [0, 0.05) is 23.7 Å². The number of aromatic nitrogens is 1. The molecule has 1 saturated carbocycles. The lowest BCUT2D eigenvalue weighted by Crippen LogP contribution is -2.39. The Labute approximate surface area is 178 Å². The molecule has 1 fully saturated rings. The number of rotatable bonds is 8. The van der Waals surface area contributed by atoms with Crippen molar-refractivity contribution in [2.75, 3.05) is 6.61 Å². The molecule has 1 aliphatic carbocycles. The third-order valence-electron chi connectivity index (χ3n) is 5.49. The zero-order valence-corrected chi connectivity index (χ0v) is 17.5. The van der Waals surface area contributed by atoms with Crippen molar-refractivity contribution in [3.8, 4) is 5.75 Å². The van der Waals surface area contributed by atoms with Crippen LogP contribution in [0.5, 0.6) is 5.75 Å². The number of nitrogens with one attached hydrogen (secondary N) is 1. The Morgan fingerprint density at radius 1 is 1.23 bits per heavy atom. The lowest BCUT2D eigenvalue weighted by molar-refractivity contribution is -0.0520. The van der Waals surface area contributed by atoms with Gasteiger partial charge in [0.2, 0.25) is 0 Å². The largest absolute Gasteiger partial charge is 0.432 e. The summed E-state index contributed by atoms with van der Waals surface area (Å²) in [5, 5.41) is 13.1. The molecule has 1 aliphatic rings. The van der Waals surface area contributed by atoms with E-state index in [1.165, 1.54) is 12.3 Å². The van der Waals surface area contributed by atoms with Gasteiger partial charge in [-0.05, 0) is 43.7 Å². The average Bonchev–Trinajstić information content (AvgIpc) is 2.72. The number of carbonyl (C=O) groups is 1. The number of aliphatic hydroxyl groups excluding tert-OH is 1. The van der Waals surface area contributed by atoms with E-state index >= 15 is 0 Å². The quantitative estimate of drug-likeness (QED) is 0.647. The van der Waals surface area contributed by atoms with Crippen LogP contribution in [0.3, 0.4) is 0 Å². The van der Waals surface area contributed by atoms with Crippen molar-refractivity contribution in [2.24, 2.45) is 5.92 Å². The van der Waals surface area contributed by atoms with E-state index in [1.54, 1.807) is 0 Å². The summed E-state index contributed by atoms with van der Waals surface area (Å²) in [4.78, 5) is 16.7. The highest BCUT2D eigenvalue weighted by Crippen LogP contribution is 2.26. The molecule has 31 heavy (non-hydrogen) atoms. The van der Waals surface area contributed by atoms with Gasteiger partial charge in [0.25, 0.3) is 5.91 Å². The van der Waals surface area contributed by atoms with E-state index < -0.39 is 24.3 Å². The molecule has 170 valence electrons. The standard InChI is InChI=1S/C22H27F3N2O4/c1-12(2)19(28)11-30-16-5-3-15(4-6-16)27-21(29)14-7-13-8-17(23)20(31-22(24)25)9-18(13)26-10-14/h7-10,12,15-16,19,22,28H,3-6,11H2,1-2H3,(H,27,29)/t15-,16-,19?. The Kier molecular flexibility index (Phi) is 7.72. The van der Waals surface area contributed by atoms with Crippen LogP contribution < -0.4 is 10.1 Å². The maximum Gasteiger partial charge on any atom is 0.387 e. The van der Waals surface area contributed by atoms with Crippen LogP contribution in [0.1, 0.15) is 49.9 Å². The smallest absolute Gasteiger partial charge is 0.387 e. The van der Waals surface area contributed by atoms with Crippen molar-refractivity contribution in [1.82, 2.24) is 10.3 Å². The van der Waals surface area contributed by atoms with Crippen LogP contribution in [0, 0.1) is 11.7 Å². The highest BCUT2D eigenvalue weighted by Gasteiger charge is 2.24. The maximum absolute atomic E-state index is 14.0. The van der Waals surface area contributed by atoms with Gasteiger partial charge < -0.3 is 19.9 Å². The molecular weight excluding hydrogens is 413 g/mol. The van der Waals surface area contributed by atoms with E-state index in [4.69, 9.17) is 4.74 Å². The number of benzene rings is 1. The Morgan fingerprint density at radius 3 is 2.58 bits per heavy atom. The fraction of sp³-hybridized carbons (Fsp3) is 0.545. The first kappa shape index (κ1) is 23.3. The number of nitrogens with zero attached hydrogens (tertiary/aromatic N) is 1. The summed E-state index contributed by atoms with van der Waals surface area (Å²) in [5.74, 6) is -1.73. The average molecular weight is 440 g/mol. The van der Waals surface area contributed by atoms with E-state index in [9.17, 15) is 23.1 Å². The molecule has 0 radical (unpaired) electrons. The maximum atomic E-state index is 14.0. The first-order chi connectivity index (χ1) is 14.7. The Morgan fingerprint density at radius 2 is 1.94 bits per heavy atom. The third-order valence-corrected chi connectivity index (χ3v) is 5.49. The fourth-order valence-electron chi connectivity index (χ4n) is 3.51. The summed E-state index contributed by atoms with van der Waals surface area (Å²) < 4.78 is 48.6. The van der Waals surface area contributed by atoms with E-state index in [0.717, 1.165) is 37.8 Å². The molecule has 6 nitrogen and oxygen atoms in total. The normalized spacial score (nSPS) is 20.3. The monoisotopic (exact) mass is 440 g/mol. The molecule has 0 bridgehead atoms. The van der Waals surface area contributed by atoms with Gasteiger partial charge >= 0.3 is 6.61 Å². The predicted octanol–water partition coefficient (Wildman–Crippen LogP) is 4.05. The summed E-state index contributed by atoms with van der Waals surface area (Å²) >= 11 is 0. The predicted molar refractivity (Wildman–Crippen MR) is 109 cm³/mol. The molecule has 2 N–H and O–H groups in total. The number of ether oxygens (including phenoxy) is 2. The van der Waals surface area contributed by atoms with Crippen LogP contribution in [0.15, 0.2) is 24.4 Å². The van der Waals surface area contributed by atoms with Crippen LogP contribution in [0.4, 0.5) is 13.2 Å². The van der Waals surface area contributed by atoms with Crippen molar-refractivity contribution >= 4 is 16.8 Å². The number of amides is 1. The van der Waals surface area contributed by atoms with Crippen molar-refractivity contribution in [1.29, 1.82) is 0 Å². The lowest BCUT2D eigenvalue weighted by Gasteiger charge is -2.30. The van der Waals surface area contributed by atoms with E-state index in [0.29, 0.717) is 12.0 Å². The number of pyridine rings is 1. The van der Waals surface area contributed by atoms with Gasteiger partial charge in [-0.15, -0.1) is 0 Å². The molecule has 1 aromatic heterocycles. The van der Waals surface area contributed by atoms with Crippen LogP contribution >= 0.6 is 0 Å². The minimum atomic E-state index is -3.14. The van der Waals surface area contributed by atoms with Crippen molar-refractivity contribution in [3.63, 3.8) is 0 Å². The van der Waals surface area contributed by atoms with Crippen LogP contribution in [-0.4, -0.2) is 47.5 Å². The second-order valence-electron chi connectivity index (χ2n) is 8.17. The van der Waals surface area contributed by atoms with Crippen molar-refractivity contribution in [2.45, 2.75) is 64.4 Å². The zero-order chi connectivity index (χ0) is 22.5. The van der Waals surface area contributed by atoms with E-state index in [1.807, 2.05) is 13.8 Å². The number of hydrogen-bond donors (Lipinski definition) is 2. The number of carbonyl (C=O) groups excluding carboxylic acids is 1. The first-order valence-electron chi connectivity index (χ1n) is 10.4. The second-order valence-corrected chi connectivity index (χ2v) is 8.17. The van der Waals surface area contributed by atoms with Gasteiger partial charge in [0.1, 0.15) is 0 Å². The molecular formula is C22H27F3N2O4. The molecule has 9 heteroatoms. The zero-order valence-electron chi connectivity index (χ0n) is 17.5. The van der Waals surface area contributed by atoms with Gasteiger partial charge in [0.15, 0.2) is 11.6 Å². The molecule has 1 heterocycles. The molecule has 0 spiro atoms. The molecule has 1 amide bonds. The van der Waals surface area contributed by atoms with Crippen LogP contribution in [0.2, 0.25) is 0 Å². The number of aliphatic hydroxyl groups is 1. The SMILES string of the molecule is CC(C)C(O)CO[C@H]1CC[C@H](NC(=O)c2cnc3cc(OC(F)F)c(F)cc3c2)CC1. The topological polar surface area (TPSA) is 80.7 Å². The molecule has 0 aliphatic heterocycles. The summed E-state index contributed by atoms with van der Waals surface area (Å²) in [7, 11) is 0. The van der Waals surface area contributed by atoms with Gasteiger partial charge in [-0.25, -0.2) is 4.39 Å². The fourth-order valence-corrected chi connectivity index (χ4v) is 3.51.